The number of aromatic amines is 1. The summed E-state index contributed by atoms with van der Waals surface area (Å²) in [5.74, 6) is -7.27. The number of H-pyrrole nitrogens is 1. The minimum atomic E-state index is -1.32. The number of aromatic nitrogens is 8. The number of esters is 1. The second-order valence-electron chi connectivity index (χ2n) is 20.2. The van der Waals surface area contributed by atoms with Crippen LogP contribution in [0.25, 0.3) is 22.3 Å². The van der Waals surface area contributed by atoms with Crippen molar-refractivity contribution in [3.8, 4) is 23.4 Å². The van der Waals surface area contributed by atoms with Gasteiger partial charge >= 0.3 is 5.97 Å². The fourth-order valence-corrected chi connectivity index (χ4v) is 9.72. The van der Waals surface area contributed by atoms with Gasteiger partial charge in [0, 0.05) is 56.6 Å². The molecule has 0 radical (unpaired) electrons. The van der Waals surface area contributed by atoms with Crippen molar-refractivity contribution in [1.29, 1.82) is 5.26 Å². The minimum absolute atomic E-state index is 0.0613. The molecule has 0 aliphatic carbocycles. The van der Waals surface area contributed by atoms with E-state index >= 15 is 0 Å². The molecule has 2 aliphatic heterocycles. The average molecular weight is 1250 g/mol. The van der Waals surface area contributed by atoms with E-state index in [1.165, 1.54) is 35.4 Å². The van der Waals surface area contributed by atoms with Crippen molar-refractivity contribution in [3.63, 3.8) is 0 Å². The highest BCUT2D eigenvalue weighted by molar-refractivity contribution is 6.45. The van der Waals surface area contributed by atoms with Crippen molar-refractivity contribution >= 4 is 40.0 Å². The van der Waals surface area contributed by atoms with Gasteiger partial charge < -0.3 is 67.7 Å². The largest absolute Gasteiger partial charge is 0.494 e. The number of allylic oxidation sites excluding steroid dienone is 1. The van der Waals surface area contributed by atoms with Crippen LogP contribution in [0.1, 0.15) is 57.9 Å². The minimum Gasteiger partial charge on any atom is -0.494 e. The number of methoxy groups -OCH3 is 1. The number of Topliss-reactive ketones (excluding diaryl/α,β-unsaturated/α-hetero) is 1. The number of nitriles is 1. The number of ether oxygens (including phenoxy) is 10. The van der Waals surface area contributed by atoms with Gasteiger partial charge in [-0.1, -0.05) is 35.5 Å². The molecule has 0 unspecified atom stereocenters. The Balaban J connectivity index is 0.618. The molecule has 2 atom stereocenters. The van der Waals surface area contributed by atoms with E-state index in [9.17, 15) is 42.7 Å². The van der Waals surface area contributed by atoms with E-state index in [-0.39, 0.29) is 87.6 Å². The Kier molecular flexibility index (Phi) is 26.4. The van der Waals surface area contributed by atoms with Crippen molar-refractivity contribution in [2.75, 3.05) is 139 Å². The average Bonchev–Trinajstić information content (AvgIpc) is 2.09. The van der Waals surface area contributed by atoms with E-state index in [1.807, 2.05) is 30.3 Å². The zero-order valence-corrected chi connectivity index (χ0v) is 49.2. The molecule has 6 aromatic rings. The fraction of sp³-hybridized carbons (Fsp3) is 0.492. The van der Waals surface area contributed by atoms with Crippen LogP contribution in [0.3, 0.4) is 0 Å². The summed E-state index contributed by atoms with van der Waals surface area (Å²) in [6.45, 7) is 6.83. The number of carbonyl (C=O) groups excluding carboxylic acids is 4. The number of piperidine rings is 1. The molecule has 0 spiro atoms. The van der Waals surface area contributed by atoms with Crippen molar-refractivity contribution < 1.29 is 84.8 Å². The van der Waals surface area contributed by atoms with Gasteiger partial charge in [-0.05, 0) is 30.4 Å². The van der Waals surface area contributed by atoms with Gasteiger partial charge in [-0.3, -0.25) is 24.1 Å². The van der Waals surface area contributed by atoms with Crippen LogP contribution in [0.15, 0.2) is 73.0 Å². The van der Waals surface area contributed by atoms with Crippen molar-refractivity contribution in [1.82, 2.24) is 54.8 Å². The molecule has 2 amide bonds. The maximum absolute atomic E-state index is 13.8. The Morgan fingerprint density at radius 1 is 0.798 bits per heavy atom. The van der Waals surface area contributed by atoms with E-state index in [1.54, 1.807) is 10.9 Å². The van der Waals surface area contributed by atoms with Crippen molar-refractivity contribution in [3.05, 3.63) is 113 Å². The summed E-state index contributed by atoms with van der Waals surface area (Å²) >= 11 is 0. The number of aliphatic hydroxyl groups is 1. The third-order valence-electron chi connectivity index (χ3n) is 14.2. The van der Waals surface area contributed by atoms with Crippen LogP contribution < -0.4 is 14.8 Å². The number of ketones is 1. The predicted molar refractivity (Wildman–Crippen MR) is 307 cm³/mol. The number of likely N-dealkylation sites (tertiary alicyclic amines) is 2. The first-order valence-corrected chi connectivity index (χ1v) is 28.9. The van der Waals surface area contributed by atoms with E-state index < -0.39 is 46.8 Å². The summed E-state index contributed by atoms with van der Waals surface area (Å²) < 4.78 is 97.7. The molecule has 89 heavy (non-hydrogen) atoms. The summed E-state index contributed by atoms with van der Waals surface area (Å²) in [7, 11) is 1.43. The lowest BCUT2D eigenvalue weighted by molar-refractivity contribution is -0.136. The number of pyridine rings is 1. The van der Waals surface area contributed by atoms with E-state index in [0.717, 1.165) is 11.1 Å². The van der Waals surface area contributed by atoms with Crippen LogP contribution in [-0.4, -0.2) is 229 Å². The first-order valence-electron chi connectivity index (χ1n) is 28.9. The van der Waals surface area contributed by atoms with Gasteiger partial charge in [-0.15, -0.1) is 10.2 Å². The Morgan fingerprint density at radius 2 is 1.42 bits per heavy atom. The summed E-state index contributed by atoms with van der Waals surface area (Å²) in [5, 5.41) is 35.9. The Hall–Kier alpha value is -8.09. The summed E-state index contributed by atoms with van der Waals surface area (Å²) in [5.41, 5.74) is 3.41. The second kappa shape index (κ2) is 35.2. The fourth-order valence-electron chi connectivity index (χ4n) is 9.72. The van der Waals surface area contributed by atoms with Gasteiger partial charge in [0.05, 0.1) is 173 Å². The van der Waals surface area contributed by atoms with Gasteiger partial charge in [0.2, 0.25) is 11.6 Å². The van der Waals surface area contributed by atoms with Crippen LogP contribution in [0.5, 0.6) is 11.5 Å². The third kappa shape index (κ3) is 19.7. The molecule has 478 valence electrons. The van der Waals surface area contributed by atoms with Gasteiger partial charge in [0.15, 0.2) is 17.5 Å². The van der Waals surface area contributed by atoms with E-state index in [2.05, 4.69) is 51.4 Å². The molecule has 8 rings (SSSR count). The maximum Gasteiger partial charge on any atom is 0.313 e. The molecule has 2 aliphatic rings. The summed E-state index contributed by atoms with van der Waals surface area (Å²) in [6.07, 6.45) is 7.07. The molecule has 6 heterocycles. The number of aliphatic hydroxyl groups excluding tert-OH is 1. The Labute approximate surface area is 509 Å². The molecule has 2 fully saturated rings. The maximum atomic E-state index is 13.8. The quantitative estimate of drug-likeness (QED) is 0.0125. The van der Waals surface area contributed by atoms with Gasteiger partial charge in [-0.25, -0.2) is 27.8 Å². The number of benzene rings is 2. The predicted octanol–water partition coefficient (Wildman–Crippen LogP) is 3.44. The highest BCUT2D eigenvalue weighted by Gasteiger charge is 2.34. The molecule has 30 heteroatoms. The molecule has 3 N–H and O–H groups in total. The molecule has 0 bridgehead atoms. The molecular formula is C59H71F3N12O15. The molecule has 2 aromatic carbocycles. The van der Waals surface area contributed by atoms with Gasteiger partial charge in [0.25, 0.3) is 17.6 Å². The highest BCUT2D eigenvalue weighted by atomic mass is 19.1. The zero-order chi connectivity index (χ0) is 62.7. The number of hydrogen-bond acceptors (Lipinski definition) is 22. The number of fused-ring (bicyclic) bond motifs is 1. The van der Waals surface area contributed by atoms with Crippen LogP contribution in [0, 0.1) is 28.8 Å². The number of nitrogens with zero attached hydrogens (tertiary/aromatic N) is 10. The van der Waals surface area contributed by atoms with Gasteiger partial charge in [-0.2, -0.15) is 9.94 Å². The first kappa shape index (κ1) is 66.9. The van der Waals surface area contributed by atoms with E-state index in [0.29, 0.717) is 152 Å². The number of rotatable bonds is 38. The monoisotopic (exact) mass is 1240 g/mol. The van der Waals surface area contributed by atoms with Crippen molar-refractivity contribution in [2.24, 2.45) is 0 Å². The van der Waals surface area contributed by atoms with Gasteiger partial charge in [0.1, 0.15) is 23.6 Å². The third-order valence-corrected chi connectivity index (χ3v) is 14.2. The highest BCUT2D eigenvalue weighted by Crippen LogP contribution is 2.33. The summed E-state index contributed by atoms with van der Waals surface area (Å²) in [4.78, 5) is 68.0. The lowest BCUT2D eigenvalue weighted by Crippen LogP contribution is -2.40. The van der Waals surface area contributed by atoms with E-state index in [4.69, 9.17) is 42.6 Å². The number of halogens is 3. The number of nitrogens with one attached hydrogen (secondary N) is 2. The molecular weight excluding hydrogens is 1170 g/mol. The van der Waals surface area contributed by atoms with Crippen LogP contribution in [0.2, 0.25) is 0 Å². The summed E-state index contributed by atoms with van der Waals surface area (Å²) in [6, 6.07) is 12.0. The zero-order valence-electron chi connectivity index (χ0n) is 49.2. The lowest BCUT2D eigenvalue weighted by atomic mass is 9.93. The SMILES string of the molecule is COc1cnc(-n2cnc(C(=O)N[C@H]3C[C@@H](CO)N(CCOCCOCCOCCOCc4cn(CCOCCOCCOCCOCCC(=O)Oc5c(F)cc(F)cc5F)nn4)C3)n2)c2[nH]cc(C(=O)C(=O)N3CCC(=C(C#N)c4ccccc4)CC3)c12. The first-order chi connectivity index (χ1) is 43.4. The number of hydrogen-bond donors (Lipinski definition) is 3. The molecule has 0 saturated carbocycles. The number of carbonyl (C=O) groups is 4. The Bertz CT molecular complexity index is 3310. The number of amides is 2. The second-order valence-corrected chi connectivity index (χ2v) is 20.2. The molecule has 27 nitrogen and oxygen atoms in total. The van der Waals surface area contributed by atoms with Crippen molar-refractivity contribution in [2.45, 2.75) is 50.9 Å². The van der Waals surface area contributed by atoms with Crippen LogP contribution in [-0.2, 0) is 60.6 Å². The lowest BCUT2D eigenvalue weighted by Gasteiger charge is -2.28. The molecule has 4 aromatic heterocycles. The van der Waals surface area contributed by atoms with Crippen LogP contribution >= 0.6 is 0 Å². The molecule has 2 saturated heterocycles. The smallest absolute Gasteiger partial charge is 0.313 e. The van der Waals surface area contributed by atoms with Crippen LogP contribution in [0.4, 0.5) is 13.2 Å². The Morgan fingerprint density at radius 3 is 2.04 bits per heavy atom. The standard InChI is InChI=1S/C59H71F3N12O15/c1-80-50-34-65-57(53-52(50)47(33-64-53)54(77)59(79)71-10-7-41(8-11-71)46(32-63)40-5-3-2-4-6-40)74-39-66-56(69-74)58(78)67-43-31-45(37-75)72(35-43)12-15-82-18-21-85-25-26-87-27-28-88-38-44-36-73(70-68-44)13-16-83-19-22-86-24-23-84-20-17-81-14-9-51(76)89-55-48(61)29-42(60)30-49(55)62/h2-6,29-30,33-34,36,39,43,45,64,75H,7-28,31,35,37-38H2,1H3,(H,67,78)/t43-,45-/m0/s1. The normalized spacial score (nSPS) is 15.2. The topological polar surface area (TPSA) is 313 Å².